The second-order valence-electron chi connectivity index (χ2n) is 7.23. The normalized spacial score (nSPS) is 22.6. The van der Waals surface area contributed by atoms with Gasteiger partial charge in [-0.1, -0.05) is 13.8 Å². The van der Waals surface area contributed by atoms with E-state index in [9.17, 15) is 9.59 Å². The molecule has 4 rings (SSSR count). The maximum Gasteiger partial charge on any atom is 0.270 e. The number of hydrogen-bond donors (Lipinski definition) is 3. The van der Waals surface area contributed by atoms with Crippen LogP contribution in [0.3, 0.4) is 0 Å². The molecule has 0 saturated carbocycles. The molecule has 2 aromatic rings. The number of hydrogen-bond acceptors (Lipinski definition) is 4. The topological polar surface area (TPSA) is 77.8 Å². The lowest BCUT2D eigenvalue weighted by Crippen LogP contribution is -2.34. The highest BCUT2D eigenvalue weighted by Crippen LogP contribution is 2.48. The number of aromatic amines is 2. The molecule has 2 aromatic heterocycles. The summed E-state index contributed by atoms with van der Waals surface area (Å²) in [7, 11) is 0. The van der Waals surface area contributed by atoms with E-state index in [0.717, 1.165) is 28.1 Å². The summed E-state index contributed by atoms with van der Waals surface area (Å²) in [5.74, 6) is 0.574. The van der Waals surface area contributed by atoms with Crippen molar-refractivity contribution in [2.24, 2.45) is 5.41 Å². The molecule has 1 aliphatic heterocycles. The zero-order chi connectivity index (χ0) is 16.4. The van der Waals surface area contributed by atoms with Gasteiger partial charge in [-0.2, -0.15) is 0 Å². The summed E-state index contributed by atoms with van der Waals surface area (Å²) in [5, 5.41) is 10.9. The first kappa shape index (κ1) is 14.5. The largest absolute Gasteiger partial charge is 0.343 e. The fourth-order valence-corrected chi connectivity index (χ4v) is 4.80. The second-order valence-corrected chi connectivity index (χ2v) is 8.17. The molecule has 23 heavy (non-hydrogen) atoms. The third-order valence-corrected chi connectivity index (χ3v) is 5.84. The monoisotopic (exact) mass is 329 g/mol. The Balaban J connectivity index is 1.98. The number of carbonyl (C=O) groups is 1. The average Bonchev–Trinajstić information content (AvgIpc) is 3.02. The van der Waals surface area contributed by atoms with Crippen LogP contribution in [0.25, 0.3) is 0 Å². The molecule has 0 spiro atoms. The van der Waals surface area contributed by atoms with Gasteiger partial charge in [0, 0.05) is 22.6 Å². The summed E-state index contributed by atoms with van der Waals surface area (Å²) in [6.45, 7) is 6.25. The number of nitrogens with one attached hydrogen (secondary N) is 3. The molecule has 0 bridgehead atoms. The van der Waals surface area contributed by atoms with Gasteiger partial charge in [-0.3, -0.25) is 19.8 Å². The van der Waals surface area contributed by atoms with E-state index in [1.165, 1.54) is 0 Å². The number of Topliss-reactive ketones (excluding diaryl/α,β-unsaturated/α-hetero) is 1. The van der Waals surface area contributed by atoms with Crippen molar-refractivity contribution < 1.29 is 4.79 Å². The van der Waals surface area contributed by atoms with Crippen molar-refractivity contribution in [2.75, 3.05) is 5.32 Å². The Labute approximate surface area is 137 Å². The molecular formula is C17H19N3O2S. The van der Waals surface area contributed by atoms with Crippen LogP contribution in [0.5, 0.6) is 0 Å². The van der Waals surface area contributed by atoms with Gasteiger partial charge in [0.1, 0.15) is 5.82 Å². The summed E-state index contributed by atoms with van der Waals surface area (Å²) in [6, 6.07) is 2.04. The van der Waals surface area contributed by atoms with Crippen LogP contribution in [0.4, 0.5) is 5.82 Å². The molecule has 120 valence electrons. The fourth-order valence-electron chi connectivity index (χ4n) is 3.76. The van der Waals surface area contributed by atoms with E-state index in [4.69, 9.17) is 0 Å². The van der Waals surface area contributed by atoms with Crippen LogP contribution in [0.2, 0.25) is 0 Å². The molecule has 1 aliphatic carbocycles. The minimum atomic E-state index is -0.264. The molecule has 0 aromatic carbocycles. The lowest BCUT2D eigenvalue weighted by molar-refractivity contribution is -0.118. The lowest BCUT2D eigenvalue weighted by atomic mass is 9.70. The zero-order valence-corrected chi connectivity index (χ0v) is 14.2. The molecule has 0 amide bonds. The third-order valence-electron chi connectivity index (χ3n) is 4.75. The number of H-pyrrole nitrogens is 2. The molecule has 3 heterocycles. The van der Waals surface area contributed by atoms with Gasteiger partial charge in [0.25, 0.3) is 5.56 Å². The molecule has 1 atom stereocenters. The molecule has 0 saturated heterocycles. The third kappa shape index (κ3) is 2.12. The summed E-state index contributed by atoms with van der Waals surface area (Å²) in [5.41, 5.74) is 3.25. The highest BCUT2D eigenvalue weighted by molar-refractivity contribution is 7.10. The highest BCUT2D eigenvalue weighted by Gasteiger charge is 2.43. The minimum Gasteiger partial charge on any atom is -0.343 e. The molecule has 2 aliphatic rings. The SMILES string of the molecule is Cc1ccsc1C1C2=C(CC(C)(C)CC2=O)Nc2[nH][nH]c(=O)c21. The van der Waals surface area contributed by atoms with Crippen LogP contribution in [0.1, 0.15) is 48.6 Å². The van der Waals surface area contributed by atoms with Crippen molar-refractivity contribution in [2.45, 2.75) is 39.5 Å². The maximum atomic E-state index is 12.9. The number of thiophene rings is 1. The first-order chi connectivity index (χ1) is 10.9. The first-order valence-corrected chi connectivity index (χ1v) is 8.63. The van der Waals surface area contributed by atoms with Gasteiger partial charge in [-0.15, -0.1) is 11.3 Å². The molecule has 0 radical (unpaired) electrons. The Morgan fingerprint density at radius 1 is 1.22 bits per heavy atom. The number of anilines is 1. The molecular weight excluding hydrogens is 310 g/mol. The fraction of sp³-hybridized carbons (Fsp3) is 0.412. The van der Waals surface area contributed by atoms with Crippen molar-refractivity contribution >= 4 is 22.9 Å². The Hall–Kier alpha value is -2.08. The van der Waals surface area contributed by atoms with E-state index in [-0.39, 0.29) is 22.7 Å². The van der Waals surface area contributed by atoms with Crippen LogP contribution in [0.15, 0.2) is 27.5 Å². The Morgan fingerprint density at radius 3 is 2.70 bits per heavy atom. The number of aryl methyl sites for hydroxylation is 1. The number of fused-ring (bicyclic) bond motifs is 1. The molecule has 6 heteroatoms. The van der Waals surface area contributed by atoms with Gasteiger partial charge in [0.05, 0.1) is 11.5 Å². The smallest absolute Gasteiger partial charge is 0.270 e. The van der Waals surface area contributed by atoms with E-state index in [1.54, 1.807) is 11.3 Å². The first-order valence-electron chi connectivity index (χ1n) is 7.75. The summed E-state index contributed by atoms with van der Waals surface area (Å²) >= 11 is 1.61. The standard InChI is InChI=1S/C17H19N3O2S/c1-8-4-5-23-14(8)12-11-9(6-17(2,3)7-10(11)21)18-15-13(12)16(22)20-19-15/h4-5,12H,6-7H2,1-3H3,(H3,18,19,20,22). The summed E-state index contributed by atoms with van der Waals surface area (Å²) in [6.07, 6.45) is 1.33. The molecule has 1 unspecified atom stereocenters. The molecule has 0 fully saturated rings. The maximum absolute atomic E-state index is 12.9. The van der Waals surface area contributed by atoms with Gasteiger partial charge >= 0.3 is 0 Å². The van der Waals surface area contributed by atoms with Crippen molar-refractivity contribution in [3.8, 4) is 0 Å². The molecule has 3 N–H and O–H groups in total. The minimum absolute atomic E-state index is 0.0634. The van der Waals surface area contributed by atoms with E-state index >= 15 is 0 Å². The van der Waals surface area contributed by atoms with Crippen molar-refractivity contribution in [1.82, 2.24) is 10.2 Å². The Bertz CT molecular complexity index is 897. The van der Waals surface area contributed by atoms with Crippen molar-refractivity contribution in [3.63, 3.8) is 0 Å². The van der Waals surface area contributed by atoms with Gasteiger partial charge in [0.2, 0.25) is 0 Å². The van der Waals surface area contributed by atoms with Crippen LogP contribution in [-0.4, -0.2) is 16.0 Å². The average molecular weight is 329 g/mol. The number of rotatable bonds is 1. The van der Waals surface area contributed by atoms with E-state index < -0.39 is 0 Å². The number of allylic oxidation sites excluding steroid dienone is 2. The quantitative estimate of drug-likeness (QED) is 0.751. The molecule has 5 nitrogen and oxygen atoms in total. The summed E-state index contributed by atoms with van der Waals surface area (Å²) < 4.78 is 0. The van der Waals surface area contributed by atoms with Crippen LogP contribution < -0.4 is 10.9 Å². The lowest BCUT2D eigenvalue weighted by Gasteiger charge is -2.37. The van der Waals surface area contributed by atoms with E-state index in [1.807, 2.05) is 18.4 Å². The van der Waals surface area contributed by atoms with Gasteiger partial charge in [-0.25, -0.2) is 0 Å². The number of aromatic nitrogens is 2. The van der Waals surface area contributed by atoms with Gasteiger partial charge < -0.3 is 5.32 Å². The van der Waals surface area contributed by atoms with Crippen molar-refractivity contribution in [1.29, 1.82) is 0 Å². The zero-order valence-electron chi connectivity index (χ0n) is 13.4. The van der Waals surface area contributed by atoms with Crippen LogP contribution in [0, 0.1) is 12.3 Å². The predicted molar refractivity (Wildman–Crippen MR) is 91.0 cm³/mol. The van der Waals surface area contributed by atoms with E-state index in [0.29, 0.717) is 17.8 Å². The Kier molecular flexibility index (Phi) is 2.97. The van der Waals surface area contributed by atoms with Crippen LogP contribution in [-0.2, 0) is 4.79 Å². The number of carbonyl (C=O) groups excluding carboxylic acids is 1. The van der Waals surface area contributed by atoms with E-state index in [2.05, 4.69) is 29.4 Å². The van der Waals surface area contributed by atoms with Gasteiger partial charge in [0.15, 0.2) is 5.78 Å². The predicted octanol–water partition coefficient (Wildman–Crippen LogP) is 3.27. The highest BCUT2D eigenvalue weighted by atomic mass is 32.1. The Morgan fingerprint density at radius 2 is 2.00 bits per heavy atom. The second kappa shape index (κ2) is 4.71. The number of ketones is 1. The van der Waals surface area contributed by atoms with Crippen molar-refractivity contribution in [3.05, 3.63) is 49.1 Å². The van der Waals surface area contributed by atoms with Gasteiger partial charge in [-0.05, 0) is 35.8 Å². The van der Waals surface area contributed by atoms with Crippen LogP contribution >= 0.6 is 11.3 Å². The summed E-state index contributed by atoms with van der Waals surface area (Å²) in [4.78, 5) is 26.3.